The molecule has 1 atom stereocenters. The lowest BCUT2D eigenvalue weighted by Crippen LogP contribution is -2.07. The van der Waals surface area contributed by atoms with E-state index in [0.29, 0.717) is 5.82 Å². The van der Waals surface area contributed by atoms with Gasteiger partial charge in [-0.2, -0.15) is 0 Å². The van der Waals surface area contributed by atoms with E-state index in [1.807, 2.05) is 42.9 Å². The van der Waals surface area contributed by atoms with Crippen LogP contribution in [0.1, 0.15) is 23.1 Å². The first-order valence-electron chi connectivity index (χ1n) is 5.01. The van der Waals surface area contributed by atoms with Crippen LogP contribution in [0.2, 0.25) is 0 Å². The van der Waals surface area contributed by atoms with Gasteiger partial charge in [-0.25, -0.2) is 4.98 Å². The molecule has 0 saturated carbocycles. The van der Waals surface area contributed by atoms with E-state index in [0.717, 1.165) is 15.6 Å². The smallest absolute Gasteiger partial charge is 0.142 e. The number of imidazole rings is 1. The molecule has 0 amide bonds. The summed E-state index contributed by atoms with van der Waals surface area (Å²) in [7, 11) is 1.87. The maximum atomic E-state index is 10.2. The van der Waals surface area contributed by atoms with Gasteiger partial charge in [-0.15, -0.1) is 0 Å². The quantitative estimate of drug-likeness (QED) is 0.918. The van der Waals surface area contributed by atoms with Crippen LogP contribution in [0.3, 0.4) is 0 Å². The van der Waals surface area contributed by atoms with Crippen molar-refractivity contribution in [2.45, 2.75) is 13.0 Å². The SMILES string of the molecule is Cc1ccc(C(O)c2nccn2C)c(Br)c1. The van der Waals surface area contributed by atoms with Crippen LogP contribution < -0.4 is 0 Å². The monoisotopic (exact) mass is 280 g/mol. The maximum absolute atomic E-state index is 10.2. The summed E-state index contributed by atoms with van der Waals surface area (Å²) in [5, 5.41) is 10.2. The van der Waals surface area contributed by atoms with E-state index in [1.165, 1.54) is 0 Å². The number of aliphatic hydroxyl groups excluding tert-OH is 1. The number of aromatic nitrogens is 2. The highest BCUT2D eigenvalue weighted by molar-refractivity contribution is 9.10. The second kappa shape index (κ2) is 4.39. The molecule has 1 unspecified atom stereocenters. The Bertz CT molecular complexity index is 507. The van der Waals surface area contributed by atoms with E-state index >= 15 is 0 Å². The van der Waals surface area contributed by atoms with Gasteiger partial charge in [0.15, 0.2) is 0 Å². The molecule has 1 N–H and O–H groups in total. The Morgan fingerprint density at radius 2 is 2.19 bits per heavy atom. The normalized spacial score (nSPS) is 12.8. The zero-order chi connectivity index (χ0) is 11.7. The molecule has 0 aliphatic rings. The predicted molar refractivity (Wildman–Crippen MR) is 66.1 cm³/mol. The van der Waals surface area contributed by atoms with Gasteiger partial charge < -0.3 is 9.67 Å². The van der Waals surface area contributed by atoms with Crippen molar-refractivity contribution in [3.63, 3.8) is 0 Å². The zero-order valence-electron chi connectivity index (χ0n) is 9.18. The van der Waals surface area contributed by atoms with Crippen molar-refractivity contribution in [1.82, 2.24) is 9.55 Å². The van der Waals surface area contributed by atoms with Crippen LogP contribution in [0.25, 0.3) is 0 Å². The highest BCUT2D eigenvalue weighted by Gasteiger charge is 2.17. The summed E-state index contributed by atoms with van der Waals surface area (Å²) in [5.74, 6) is 0.643. The number of hydrogen-bond acceptors (Lipinski definition) is 2. The van der Waals surface area contributed by atoms with E-state index in [2.05, 4.69) is 20.9 Å². The molecule has 0 fully saturated rings. The highest BCUT2D eigenvalue weighted by atomic mass is 79.9. The fraction of sp³-hybridized carbons (Fsp3) is 0.250. The molecule has 0 aliphatic heterocycles. The summed E-state index contributed by atoms with van der Waals surface area (Å²) in [5.41, 5.74) is 1.99. The predicted octanol–water partition coefficient (Wildman–Crippen LogP) is 2.57. The molecule has 84 valence electrons. The summed E-state index contributed by atoms with van der Waals surface area (Å²) >= 11 is 3.46. The Hall–Kier alpha value is -1.13. The Morgan fingerprint density at radius 3 is 2.75 bits per heavy atom. The molecule has 16 heavy (non-hydrogen) atoms. The first-order valence-corrected chi connectivity index (χ1v) is 5.80. The number of hydrogen-bond donors (Lipinski definition) is 1. The maximum Gasteiger partial charge on any atom is 0.142 e. The van der Waals surface area contributed by atoms with E-state index in [-0.39, 0.29) is 0 Å². The minimum Gasteiger partial charge on any atom is -0.380 e. The highest BCUT2D eigenvalue weighted by Crippen LogP contribution is 2.28. The van der Waals surface area contributed by atoms with Crippen LogP contribution in [-0.2, 0) is 7.05 Å². The van der Waals surface area contributed by atoms with Crippen LogP contribution >= 0.6 is 15.9 Å². The molecule has 2 rings (SSSR count). The molecule has 0 saturated heterocycles. The van der Waals surface area contributed by atoms with Gasteiger partial charge in [0, 0.05) is 29.5 Å². The van der Waals surface area contributed by atoms with Crippen LogP contribution in [-0.4, -0.2) is 14.7 Å². The largest absolute Gasteiger partial charge is 0.380 e. The fourth-order valence-corrected chi connectivity index (χ4v) is 2.34. The summed E-state index contributed by atoms with van der Waals surface area (Å²) in [6.07, 6.45) is 2.80. The van der Waals surface area contributed by atoms with Gasteiger partial charge in [-0.3, -0.25) is 0 Å². The van der Waals surface area contributed by atoms with Gasteiger partial charge in [0.2, 0.25) is 0 Å². The molecule has 4 heteroatoms. The third-order valence-corrected chi connectivity index (χ3v) is 3.24. The molecule has 0 bridgehead atoms. The van der Waals surface area contributed by atoms with E-state index < -0.39 is 6.10 Å². The average molecular weight is 281 g/mol. The lowest BCUT2D eigenvalue weighted by molar-refractivity contribution is 0.205. The number of benzene rings is 1. The zero-order valence-corrected chi connectivity index (χ0v) is 10.8. The average Bonchev–Trinajstić information content (AvgIpc) is 2.63. The second-order valence-corrected chi connectivity index (χ2v) is 4.68. The van der Waals surface area contributed by atoms with Gasteiger partial charge in [0.05, 0.1) is 0 Å². The van der Waals surface area contributed by atoms with Crippen molar-refractivity contribution in [2.24, 2.45) is 7.05 Å². The first kappa shape index (κ1) is 11.4. The molecular formula is C12H13BrN2O. The lowest BCUT2D eigenvalue weighted by Gasteiger charge is -2.13. The molecule has 2 aromatic rings. The minimum atomic E-state index is -0.699. The van der Waals surface area contributed by atoms with E-state index in [4.69, 9.17) is 0 Å². The fourth-order valence-electron chi connectivity index (χ4n) is 1.63. The molecule has 0 spiro atoms. The molecule has 1 aromatic carbocycles. The van der Waals surface area contributed by atoms with Crippen molar-refractivity contribution in [3.05, 3.63) is 52.0 Å². The third-order valence-electron chi connectivity index (χ3n) is 2.55. The first-order chi connectivity index (χ1) is 7.59. The summed E-state index contributed by atoms with van der Waals surface area (Å²) < 4.78 is 2.72. The van der Waals surface area contributed by atoms with Crippen LogP contribution in [0.4, 0.5) is 0 Å². The summed E-state index contributed by atoms with van der Waals surface area (Å²) in [6.45, 7) is 2.02. The Labute approximate surface area is 103 Å². The van der Waals surface area contributed by atoms with Crippen molar-refractivity contribution in [1.29, 1.82) is 0 Å². The number of aryl methyl sites for hydroxylation is 2. The van der Waals surface area contributed by atoms with Crippen molar-refractivity contribution in [3.8, 4) is 0 Å². The Balaban J connectivity index is 2.41. The van der Waals surface area contributed by atoms with Gasteiger partial charge >= 0.3 is 0 Å². The van der Waals surface area contributed by atoms with Crippen molar-refractivity contribution in [2.75, 3.05) is 0 Å². The number of aliphatic hydroxyl groups is 1. The number of halogens is 1. The number of rotatable bonds is 2. The molecule has 0 radical (unpaired) electrons. The molecule has 1 aromatic heterocycles. The molecular weight excluding hydrogens is 268 g/mol. The Morgan fingerprint density at radius 1 is 1.44 bits per heavy atom. The second-order valence-electron chi connectivity index (χ2n) is 3.82. The molecule has 1 heterocycles. The van der Waals surface area contributed by atoms with Gasteiger partial charge in [-0.1, -0.05) is 28.1 Å². The van der Waals surface area contributed by atoms with Crippen LogP contribution in [0.15, 0.2) is 35.1 Å². The summed E-state index contributed by atoms with van der Waals surface area (Å²) in [4.78, 5) is 4.15. The molecule has 3 nitrogen and oxygen atoms in total. The van der Waals surface area contributed by atoms with Crippen molar-refractivity contribution >= 4 is 15.9 Å². The summed E-state index contributed by atoms with van der Waals surface area (Å²) in [6, 6.07) is 5.88. The number of nitrogens with zero attached hydrogens (tertiary/aromatic N) is 2. The van der Waals surface area contributed by atoms with Crippen LogP contribution in [0, 0.1) is 6.92 Å². The Kier molecular flexibility index (Phi) is 3.12. The van der Waals surface area contributed by atoms with Gasteiger partial charge in [0.25, 0.3) is 0 Å². The van der Waals surface area contributed by atoms with Crippen LogP contribution in [0.5, 0.6) is 0 Å². The lowest BCUT2D eigenvalue weighted by atomic mass is 10.1. The third kappa shape index (κ3) is 2.03. The van der Waals surface area contributed by atoms with Gasteiger partial charge in [-0.05, 0) is 18.6 Å². The van der Waals surface area contributed by atoms with Crippen molar-refractivity contribution < 1.29 is 5.11 Å². The molecule has 0 aliphatic carbocycles. The van der Waals surface area contributed by atoms with E-state index in [9.17, 15) is 5.11 Å². The van der Waals surface area contributed by atoms with E-state index in [1.54, 1.807) is 6.20 Å². The topological polar surface area (TPSA) is 38.1 Å². The minimum absolute atomic E-state index is 0.643. The van der Waals surface area contributed by atoms with Gasteiger partial charge in [0.1, 0.15) is 11.9 Å². The standard InChI is InChI=1S/C12H13BrN2O/c1-8-3-4-9(10(13)7-8)11(16)12-14-5-6-15(12)2/h3-7,11,16H,1-2H3.